The SMILES string of the molecule is CCCc1ccc2c(c1)sc(=O)n2CCN1CC2CCC(C1)N2. The number of aryl methyl sites for hydroxylation is 1. The first-order chi connectivity index (χ1) is 11.2. The normalized spacial score (nSPS) is 24.6. The predicted octanol–water partition coefficient (Wildman–Crippen LogP) is 2.45. The highest BCUT2D eigenvalue weighted by Gasteiger charge is 2.31. The highest BCUT2D eigenvalue weighted by atomic mass is 32.1. The number of rotatable bonds is 5. The smallest absolute Gasteiger partial charge is 0.308 e. The van der Waals surface area contributed by atoms with E-state index in [1.165, 1.54) is 29.7 Å². The largest absolute Gasteiger partial charge is 0.309 e. The van der Waals surface area contributed by atoms with Crippen LogP contribution in [-0.2, 0) is 13.0 Å². The summed E-state index contributed by atoms with van der Waals surface area (Å²) in [6.45, 7) is 6.25. The molecular weight excluding hydrogens is 306 g/mol. The van der Waals surface area contributed by atoms with Gasteiger partial charge in [-0.15, -0.1) is 0 Å². The van der Waals surface area contributed by atoms with E-state index in [9.17, 15) is 4.79 Å². The monoisotopic (exact) mass is 331 g/mol. The third kappa shape index (κ3) is 3.10. The van der Waals surface area contributed by atoms with Gasteiger partial charge in [-0.3, -0.25) is 14.3 Å². The minimum atomic E-state index is 0.187. The lowest BCUT2D eigenvalue weighted by molar-refractivity contribution is 0.190. The van der Waals surface area contributed by atoms with Crippen molar-refractivity contribution in [3.05, 3.63) is 33.4 Å². The molecule has 3 heterocycles. The zero-order valence-electron chi connectivity index (χ0n) is 13.8. The van der Waals surface area contributed by atoms with Crippen LogP contribution >= 0.6 is 11.3 Å². The fraction of sp³-hybridized carbons (Fsp3) is 0.611. The highest BCUT2D eigenvalue weighted by Crippen LogP contribution is 2.22. The van der Waals surface area contributed by atoms with Crippen molar-refractivity contribution >= 4 is 21.6 Å². The van der Waals surface area contributed by atoms with Crippen molar-refractivity contribution in [3.63, 3.8) is 0 Å². The topological polar surface area (TPSA) is 37.3 Å². The molecule has 2 bridgehead atoms. The van der Waals surface area contributed by atoms with Crippen molar-refractivity contribution < 1.29 is 0 Å². The Morgan fingerprint density at radius 1 is 1.22 bits per heavy atom. The van der Waals surface area contributed by atoms with Gasteiger partial charge in [0.15, 0.2) is 0 Å². The van der Waals surface area contributed by atoms with Crippen LogP contribution in [-0.4, -0.2) is 41.2 Å². The number of thiazole rings is 1. The van der Waals surface area contributed by atoms with Gasteiger partial charge in [0.05, 0.1) is 10.2 Å². The van der Waals surface area contributed by atoms with Crippen LogP contribution in [0, 0.1) is 0 Å². The Labute approximate surface area is 141 Å². The first kappa shape index (κ1) is 15.4. The van der Waals surface area contributed by atoms with Gasteiger partial charge in [0, 0.05) is 38.3 Å². The number of benzene rings is 1. The van der Waals surface area contributed by atoms with E-state index in [0.717, 1.165) is 49.2 Å². The molecule has 2 aliphatic rings. The number of nitrogens with one attached hydrogen (secondary N) is 1. The quantitative estimate of drug-likeness (QED) is 0.914. The van der Waals surface area contributed by atoms with Gasteiger partial charge in [0.1, 0.15) is 0 Å². The van der Waals surface area contributed by atoms with Crippen molar-refractivity contribution in [1.29, 1.82) is 0 Å². The van der Waals surface area contributed by atoms with E-state index in [0.29, 0.717) is 12.1 Å². The van der Waals surface area contributed by atoms with Crippen molar-refractivity contribution in [3.8, 4) is 0 Å². The van der Waals surface area contributed by atoms with Gasteiger partial charge in [-0.2, -0.15) is 0 Å². The number of nitrogens with zero attached hydrogens (tertiary/aromatic N) is 2. The summed E-state index contributed by atoms with van der Waals surface area (Å²) in [7, 11) is 0. The molecule has 2 aromatic rings. The molecule has 5 heteroatoms. The van der Waals surface area contributed by atoms with E-state index in [4.69, 9.17) is 0 Å². The van der Waals surface area contributed by atoms with Gasteiger partial charge in [-0.1, -0.05) is 30.7 Å². The molecule has 1 N–H and O–H groups in total. The van der Waals surface area contributed by atoms with Gasteiger partial charge in [-0.25, -0.2) is 0 Å². The first-order valence-electron chi connectivity index (χ1n) is 8.83. The average Bonchev–Trinajstić information content (AvgIpc) is 3.04. The van der Waals surface area contributed by atoms with Crippen LogP contribution in [0.5, 0.6) is 0 Å². The summed E-state index contributed by atoms with van der Waals surface area (Å²) >= 11 is 1.40. The summed E-state index contributed by atoms with van der Waals surface area (Å²) in [6, 6.07) is 7.86. The fourth-order valence-corrected chi connectivity index (χ4v) is 5.06. The Balaban J connectivity index is 1.50. The molecular formula is C18H25N3OS. The van der Waals surface area contributed by atoms with Gasteiger partial charge in [0.25, 0.3) is 0 Å². The van der Waals surface area contributed by atoms with Gasteiger partial charge >= 0.3 is 4.87 Å². The van der Waals surface area contributed by atoms with Gasteiger partial charge in [-0.05, 0) is 37.0 Å². The van der Waals surface area contributed by atoms with Crippen molar-refractivity contribution in [1.82, 2.24) is 14.8 Å². The Hall–Kier alpha value is -1.17. The Kier molecular flexibility index (Phi) is 4.26. The van der Waals surface area contributed by atoms with Crippen LogP contribution in [0.3, 0.4) is 0 Å². The maximum absolute atomic E-state index is 12.4. The zero-order valence-corrected chi connectivity index (χ0v) is 14.6. The molecule has 0 saturated carbocycles. The number of hydrogen-bond donors (Lipinski definition) is 1. The third-order valence-corrected chi connectivity index (χ3v) is 6.15. The average molecular weight is 331 g/mol. The van der Waals surface area contributed by atoms with Crippen molar-refractivity contribution in [2.45, 2.75) is 51.2 Å². The Bertz CT molecular complexity index is 738. The molecule has 23 heavy (non-hydrogen) atoms. The Morgan fingerprint density at radius 3 is 2.74 bits per heavy atom. The number of piperazine rings is 1. The zero-order chi connectivity index (χ0) is 15.8. The molecule has 0 spiro atoms. The summed E-state index contributed by atoms with van der Waals surface area (Å²) < 4.78 is 3.11. The lowest BCUT2D eigenvalue weighted by atomic mass is 10.1. The molecule has 0 aliphatic carbocycles. The molecule has 2 aliphatic heterocycles. The number of aromatic nitrogens is 1. The molecule has 124 valence electrons. The standard InChI is InChI=1S/C18H25N3OS/c1-2-3-13-4-7-16-17(10-13)23-18(22)21(16)9-8-20-11-14-5-6-15(12-20)19-14/h4,7,10,14-15,19H,2-3,5-6,8-9,11-12H2,1H3. The molecule has 2 saturated heterocycles. The molecule has 4 nitrogen and oxygen atoms in total. The van der Waals surface area contributed by atoms with Crippen LogP contribution in [0.4, 0.5) is 0 Å². The number of likely N-dealkylation sites (tertiary alicyclic amines) is 1. The maximum Gasteiger partial charge on any atom is 0.308 e. The Morgan fingerprint density at radius 2 is 2.00 bits per heavy atom. The second-order valence-corrected chi connectivity index (χ2v) is 7.96. The molecule has 1 aromatic carbocycles. The molecule has 2 fully saturated rings. The number of hydrogen-bond acceptors (Lipinski definition) is 4. The minimum absolute atomic E-state index is 0.187. The van der Waals surface area contributed by atoms with Crippen molar-refractivity contribution in [2.24, 2.45) is 0 Å². The summed E-state index contributed by atoms with van der Waals surface area (Å²) in [6.07, 6.45) is 4.85. The van der Waals surface area contributed by atoms with E-state index >= 15 is 0 Å². The second kappa shape index (κ2) is 6.38. The van der Waals surface area contributed by atoms with Crippen LogP contribution in [0.1, 0.15) is 31.7 Å². The van der Waals surface area contributed by atoms with E-state index in [1.807, 2.05) is 4.57 Å². The highest BCUT2D eigenvalue weighted by molar-refractivity contribution is 7.16. The lowest BCUT2D eigenvalue weighted by Crippen LogP contribution is -2.51. The summed E-state index contributed by atoms with van der Waals surface area (Å²) in [5.41, 5.74) is 2.45. The van der Waals surface area contributed by atoms with E-state index in [1.54, 1.807) is 0 Å². The third-order valence-electron chi connectivity index (χ3n) is 5.20. The molecule has 2 unspecified atom stereocenters. The van der Waals surface area contributed by atoms with E-state index in [-0.39, 0.29) is 4.87 Å². The lowest BCUT2D eigenvalue weighted by Gasteiger charge is -2.32. The van der Waals surface area contributed by atoms with Crippen LogP contribution in [0.15, 0.2) is 23.0 Å². The molecule has 2 atom stereocenters. The second-order valence-electron chi connectivity index (χ2n) is 6.97. The maximum atomic E-state index is 12.4. The van der Waals surface area contributed by atoms with Gasteiger partial charge < -0.3 is 5.32 Å². The van der Waals surface area contributed by atoms with E-state index in [2.05, 4.69) is 35.3 Å². The summed E-state index contributed by atoms with van der Waals surface area (Å²) in [5.74, 6) is 0. The minimum Gasteiger partial charge on any atom is -0.309 e. The van der Waals surface area contributed by atoms with Crippen LogP contribution < -0.4 is 10.2 Å². The summed E-state index contributed by atoms with van der Waals surface area (Å²) in [5, 5.41) is 3.66. The molecule has 1 aromatic heterocycles. The molecule has 0 amide bonds. The van der Waals surface area contributed by atoms with E-state index < -0.39 is 0 Å². The number of fused-ring (bicyclic) bond motifs is 3. The fourth-order valence-electron chi connectivity index (χ4n) is 4.08. The van der Waals surface area contributed by atoms with Crippen LogP contribution in [0.2, 0.25) is 0 Å². The summed E-state index contributed by atoms with van der Waals surface area (Å²) in [4.78, 5) is 15.1. The first-order valence-corrected chi connectivity index (χ1v) is 9.65. The van der Waals surface area contributed by atoms with Gasteiger partial charge in [0.2, 0.25) is 0 Å². The molecule has 0 radical (unpaired) electrons. The van der Waals surface area contributed by atoms with Crippen LogP contribution in [0.25, 0.3) is 10.2 Å². The molecule has 4 rings (SSSR count). The predicted molar refractivity (Wildman–Crippen MR) is 96.5 cm³/mol. The van der Waals surface area contributed by atoms with Crippen molar-refractivity contribution in [2.75, 3.05) is 19.6 Å².